The molecule has 7 heteroatoms. The monoisotopic (exact) mass is 288 g/mol. The van der Waals surface area contributed by atoms with Crippen LogP contribution in [0, 0.1) is 0 Å². The van der Waals surface area contributed by atoms with Gasteiger partial charge in [0.1, 0.15) is 12.6 Å². The molecule has 1 aliphatic heterocycles. The number of nitrogens with one attached hydrogen (secondary N) is 1. The molecule has 1 aromatic carbocycles. The first kappa shape index (κ1) is 15.0. The Morgan fingerprint density at radius 3 is 2.40 bits per heavy atom. The van der Waals surface area contributed by atoms with Crippen LogP contribution in [0.2, 0.25) is 0 Å². The Kier molecular flexibility index (Phi) is 4.42. The van der Waals surface area contributed by atoms with Crippen molar-refractivity contribution in [1.82, 2.24) is 10.2 Å². The van der Waals surface area contributed by atoms with E-state index in [1.165, 1.54) is 12.1 Å². The van der Waals surface area contributed by atoms with Gasteiger partial charge in [0.15, 0.2) is 11.5 Å². The van der Waals surface area contributed by atoms with E-state index in [-0.39, 0.29) is 11.3 Å². The number of piperazine rings is 1. The minimum atomic E-state index is -3.33. The molecule has 0 radical (unpaired) electrons. The number of hydrogen-bond donors (Lipinski definition) is 4. The van der Waals surface area contributed by atoms with Crippen molar-refractivity contribution < 1.29 is 24.1 Å². The summed E-state index contributed by atoms with van der Waals surface area (Å²) in [5.41, 5.74) is 0.168. The van der Waals surface area contributed by atoms with E-state index in [0.29, 0.717) is 26.2 Å². The highest BCUT2D eigenvalue weighted by atomic mass is 19.3. The third kappa shape index (κ3) is 3.00. The zero-order valence-corrected chi connectivity index (χ0v) is 10.9. The standard InChI is InChI=1S/C13H18F2N2O3/c14-13(15,8-18)12(17-5-3-16-4-6-17)9-1-2-10(19)11(20)7-9/h1-2,7,12,16,18-20H,3-6,8H2/t12-/m0/s1. The number of hydrogen-bond acceptors (Lipinski definition) is 5. The van der Waals surface area contributed by atoms with Crippen LogP contribution in [0.1, 0.15) is 11.6 Å². The highest BCUT2D eigenvalue weighted by molar-refractivity contribution is 5.42. The van der Waals surface area contributed by atoms with E-state index in [1.54, 1.807) is 4.90 Å². The van der Waals surface area contributed by atoms with Crippen LogP contribution >= 0.6 is 0 Å². The number of aliphatic hydroxyl groups excluding tert-OH is 1. The van der Waals surface area contributed by atoms with Crippen molar-refractivity contribution in [2.24, 2.45) is 0 Å². The molecule has 1 fully saturated rings. The second kappa shape index (κ2) is 5.90. The number of aliphatic hydroxyl groups is 1. The van der Waals surface area contributed by atoms with Crippen molar-refractivity contribution in [3.05, 3.63) is 23.8 Å². The summed E-state index contributed by atoms with van der Waals surface area (Å²) < 4.78 is 28.1. The minimum absolute atomic E-state index is 0.168. The summed E-state index contributed by atoms with van der Waals surface area (Å²) in [5.74, 6) is -4.14. The van der Waals surface area contributed by atoms with E-state index in [4.69, 9.17) is 5.11 Å². The fourth-order valence-electron chi connectivity index (χ4n) is 2.46. The summed E-state index contributed by atoms with van der Waals surface area (Å²) in [6.07, 6.45) is 0. The van der Waals surface area contributed by atoms with Gasteiger partial charge in [0.2, 0.25) is 0 Å². The van der Waals surface area contributed by atoms with E-state index >= 15 is 0 Å². The topological polar surface area (TPSA) is 76.0 Å². The van der Waals surface area contributed by atoms with Crippen LogP contribution < -0.4 is 5.32 Å². The Bertz CT molecular complexity index is 465. The number of benzene rings is 1. The highest BCUT2D eigenvalue weighted by Gasteiger charge is 2.44. The normalized spacial score (nSPS) is 18.9. The molecule has 0 bridgehead atoms. The molecular weight excluding hydrogens is 270 g/mol. The highest BCUT2D eigenvalue weighted by Crippen LogP contribution is 2.39. The molecule has 0 saturated carbocycles. The van der Waals surface area contributed by atoms with Gasteiger partial charge in [-0.25, -0.2) is 8.78 Å². The summed E-state index contributed by atoms with van der Waals surface area (Å²) in [6, 6.07) is 2.30. The van der Waals surface area contributed by atoms with Gasteiger partial charge in [0.25, 0.3) is 5.92 Å². The van der Waals surface area contributed by atoms with Gasteiger partial charge in [-0.15, -0.1) is 0 Å². The van der Waals surface area contributed by atoms with Gasteiger partial charge in [-0.05, 0) is 17.7 Å². The molecule has 0 amide bonds. The molecule has 112 valence electrons. The van der Waals surface area contributed by atoms with Crippen LogP contribution in [0.5, 0.6) is 11.5 Å². The van der Waals surface area contributed by atoms with Crippen LogP contribution in [0.15, 0.2) is 18.2 Å². The zero-order valence-electron chi connectivity index (χ0n) is 10.9. The van der Waals surface area contributed by atoms with Crippen molar-refractivity contribution >= 4 is 0 Å². The minimum Gasteiger partial charge on any atom is -0.504 e. The lowest BCUT2D eigenvalue weighted by atomic mass is 9.97. The maximum Gasteiger partial charge on any atom is 0.289 e. The summed E-state index contributed by atoms with van der Waals surface area (Å²) >= 11 is 0. The average molecular weight is 288 g/mol. The number of halogens is 2. The molecule has 4 N–H and O–H groups in total. The third-order valence-corrected chi connectivity index (χ3v) is 3.44. The van der Waals surface area contributed by atoms with Crippen molar-refractivity contribution in [1.29, 1.82) is 0 Å². The van der Waals surface area contributed by atoms with Gasteiger partial charge in [-0.2, -0.15) is 0 Å². The number of phenolic OH excluding ortho intramolecular Hbond substituents is 2. The Hall–Kier alpha value is -1.44. The number of nitrogens with zero attached hydrogens (tertiary/aromatic N) is 1. The SMILES string of the molecule is OCC(F)(F)[C@H](c1ccc(O)c(O)c1)N1CCNCC1. The predicted octanol–water partition coefficient (Wildman–Crippen LogP) is 0.672. The van der Waals surface area contributed by atoms with Crippen molar-refractivity contribution in [2.45, 2.75) is 12.0 Å². The van der Waals surface area contributed by atoms with E-state index < -0.39 is 24.3 Å². The van der Waals surface area contributed by atoms with Crippen LogP contribution in [0.3, 0.4) is 0 Å². The molecule has 2 rings (SSSR count). The molecule has 1 saturated heterocycles. The van der Waals surface area contributed by atoms with Gasteiger partial charge in [0, 0.05) is 26.2 Å². The molecule has 1 atom stereocenters. The fourth-order valence-corrected chi connectivity index (χ4v) is 2.46. The lowest BCUT2D eigenvalue weighted by Crippen LogP contribution is -2.51. The third-order valence-electron chi connectivity index (χ3n) is 3.44. The van der Waals surface area contributed by atoms with Crippen molar-refractivity contribution in [2.75, 3.05) is 32.8 Å². The molecule has 1 heterocycles. The van der Waals surface area contributed by atoms with Gasteiger partial charge in [-0.3, -0.25) is 4.90 Å². The maximum atomic E-state index is 14.1. The Morgan fingerprint density at radius 1 is 1.20 bits per heavy atom. The first-order chi connectivity index (χ1) is 9.45. The largest absolute Gasteiger partial charge is 0.504 e. The molecule has 0 aromatic heterocycles. The van der Waals surface area contributed by atoms with Crippen LogP contribution in [-0.2, 0) is 0 Å². The number of phenols is 2. The Balaban J connectivity index is 2.36. The second-order valence-corrected chi connectivity index (χ2v) is 4.86. The molecular formula is C13H18F2N2O3. The summed E-state index contributed by atoms with van der Waals surface area (Å²) in [6.45, 7) is 0.733. The van der Waals surface area contributed by atoms with Crippen molar-refractivity contribution in [3.8, 4) is 11.5 Å². The Morgan fingerprint density at radius 2 is 1.85 bits per heavy atom. The lowest BCUT2D eigenvalue weighted by molar-refractivity contribution is -0.118. The number of rotatable bonds is 4. The van der Waals surface area contributed by atoms with Gasteiger partial charge in [-0.1, -0.05) is 6.07 Å². The summed E-state index contributed by atoms with van der Waals surface area (Å²) in [7, 11) is 0. The Labute approximate surface area is 115 Å². The molecule has 1 aromatic rings. The molecule has 5 nitrogen and oxygen atoms in total. The van der Waals surface area contributed by atoms with Gasteiger partial charge < -0.3 is 20.6 Å². The first-order valence-corrected chi connectivity index (χ1v) is 6.41. The second-order valence-electron chi connectivity index (χ2n) is 4.86. The summed E-state index contributed by atoms with van der Waals surface area (Å²) in [5, 5.41) is 30.8. The van der Waals surface area contributed by atoms with Gasteiger partial charge in [0.05, 0.1) is 0 Å². The summed E-state index contributed by atoms with van der Waals surface area (Å²) in [4.78, 5) is 1.57. The first-order valence-electron chi connectivity index (χ1n) is 6.41. The fraction of sp³-hybridized carbons (Fsp3) is 0.538. The number of aromatic hydroxyl groups is 2. The maximum absolute atomic E-state index is 14.1. The average Bonchev–Trinajstić information content (AvgIpc) is 2.44. The number of alkyl halides is 2. The smallest absolute Gasteiger partial charge is 0.289 e. The van der Waals surface area contributed by atoms with E-state index in [1.807, 2.05) is 0 Å². The quantitative estimate of drug-likeness (QED) is 0.613. The van der Waals surface area contributed by atoms with E-state index in [9.17, 15) is 19.0 Å². The van der Waals surface area contributed by atoms with E-state index in [2.05, 4.69) is 5.32 Å². The molecule has 1 aliphatic rings. The molecule has 0 spiro atoms. The lowest BCUT2D eigenvalue weighted by Gasteiger charge is -2.38. The molecule has 0 aliphatic carbocycles. The zero-order chi connectivity index (χ0) is 14.8. The van der Waals surface area contributed by atoms with Crippen LogP contribution in [0.25, 0.3) is 0 Å². The van der Waals surface area contributed by atoms with Crippen LogP contribution in [-0.4, -0.2) is 58.9 Å². The van der Waals surface area contributed by atoms with Crippen LogP contribution in [0.4, 0.5) is 8.78 Å². The van der Waals surface area contributed by atoms with E-state index in [0.717, 1.165) is 6.07 Å². The predicted molar refractivity (Wildman–Crippen MR) is 69.0 cm³/mol. The molecule has 0 unspecified atom stereocenters. The molecule has 20 heavy (non-hydrogen) atoms. The van der Waals surface area contributed by atoms with Gasteiger partial charge >= 0.3 is 0 Å². The van der Waals surface area contributed by atoms with Crippen molar-refractivity contribution in [3.63, 3.8) is 0 Å².